The van der Waals surface area contributed by atoms with Crippen molar-refractivity contribution in [3.63, 3.8) is 0 Å². The van der Waals surface area contributed by atoms with Gasteiger partial charge in [0, 0.05) is 16.6 Å². The third kappa shape index (κ3) is 4.09. The van der Waals surface area contributed by atoms with E-state index in [2.05, 4.69) is 4.74 Å². The molecule has 12 heavy (non-hydrogen) atoms. The molecule has 0 spiro atoms. The molecule has 0 fully saturated rings. The molecular weight excluding hydrogens is 178 g/mol. The first kappa shape index (κ1) is 11.1. The van der Waals surface area contributed by atoms with Gasteiger partial charge in [-0.3, -0.25) is 9.00 Å². The van der Waals surface area contributed by atoms with E-state index in [0.717, 1.165) is 0 Å². The van der Waals surface area contributed by atoms with Crippen molar-refractivity contribution in [1.82, 2.24) is 0 Å². The van der Waals surface area contributed by atoms with Gasteiger partial charge in [-0.05, 0) is 0 Å². The monoisotopic (exact) mass is 189 g/mol. The minimum atomic E-state index is -1.23. The fourth-order valence-electron chi connectivity index (χ4n) is 0.679. The van der Waals surface area contributed by atoms with Crippen molar-refractivity contribution < 1.29 is 13.7 Å². The molecular formula is C7H11NO3S. The lowest BCUT2D eigenvalue weighted by molar-refractivity contribution is -0.144. The number of methoxy groups -OCH3 is 1. The van der Waals surface area contributed by atoms with E-state index in [1.807, 2.05) is 0 Å². The lowest BCUT2D eigenvalue weighted by Gasteiger charge is -2.06. The summed E-state index contributed by atoms with van der Waals surface area (Å²) in [5.74, 6) is -0.618. The molecule has 0 heterocycles. The van der Waals surface area contributed by atoms with Crippen LogP contribution in [0.4, 0.5) is 0 Å². The molecule has 0 aromatic carbocycles. The van der Waals surface area contributed by atoms with Crippen LogP contribution < -0.4 is 0 Å². The second-order valence-electron chi connectivity index (χ2n) is 2.33. The molecule has 0 saturated heterocycles. The SMILES string of the molecule is COC(=O)C(C)CS(=O)CC#N. The number of nitriles is 1. The fraction of sp³-hybridized carbons (Fsp3) is 0.714. The number of hydrogen-bond donors (Lipinski definition) is 0. The van der Waals surface area contributed by atoms with Crippen LogP contribution in [0, 0.1) is 17.2 Å². The van der Waals surface area contributed by atoms with Crippen LogP contribution in [-0.2, 0) is 20.3 Å². The zero-order valence-corrected chi connectivity index (χ0v) is 7.89. The summed E-state index contributed by atoms with van der Waals surface area (Å²) < 4.78 is 15.4. The molecule has 0 rings (SSSR count). The van der Waals surface area contributed by atoms with Crippen LogP contribution in [0.3, 0.4) is 0 Å². The van der Waals surface area contributed by atoms with Crippen LogP contribution in [0.5, 0.6) is 0 Å². The Balaban J connectivity index is 3.85. The van der Waals surface area contributed by atoms with Crippen LogP contribution in [0.25, 0.3) is 0 Å². The van der Waals surface area contributed by atoms with Gasteiger partial charge in [0.05, 0.1) is 19.1 Å². The van der Waals surface area contributed by atoms with Crippen molar-refractivity contribution in [3.05, 3.63) is 0 Å². The summed E-state index contributed by atoms with van der Waals surface area (Å²) >= 11 is 0. The molecule has 0 amide bonds. The second kappa shape index (κ2) is 5.72. The van der Waals surface area contributed by atoms with Crippen molar-refractivity contribution >= 4 is 16.8 Å². The molecule has 2 atom stereocenters. The van der Waals surface area contributed by atoms with Gasteiger partial charge in [-0.1, -0.05) is 6.92 Å². The van der Waals surface area contributed by atoms with Crippen molar-refractivity contribution in [1.29, 1.82) is 5.26 Å². The molecule has 68 valence electrons. The largest absolute Gasteiger partial charge is 0.469 e. The molecule has 2 unspecified atom stereocenters. The summed E-state index contributed by atoms with van der Waals surface area (Å²) in [5, 5.41) is 8.19. The van der Waals surface area contributed by atoms with Crippen molar-refractivity contribution in [2.45, 2.75) is 6.92 Å². The predicted octanol–water partition coefficient (Wildman–Crippen LogP) is 0.0678. The van der Waals surface area contributed by atoms with Crippen LogP contribution >= 0.6 is 0 Å². The van der Waals surface area contributed by atoms with Gasteiger partial charge in [0.1, 0.15) is 5.75 Å². The Morgan fingerprint density at radius 2 is 2.33 bits per heavy atom. The quantitative estimate of drug-likeness (QED) is 0.587. The average Bonchev–Trinajstić information content (AvgIpc) is 2.03. The van der Waals surface area contributed by atoms with Gasteiger partial charge in [-0.25, -0.2) is 0 Å². The van der Waals surface area contributed by atoms with E-state index in [-0.39, 0.29) is 17.5 Å². The van der Waals surface area contributed by atoms with E-state index < -0.39 is 16.7 Å². The number of carbonyl (C=O) groups excluding carboxylic acids is 1. The molecule has 0 N–H and O–H groups in total. The first-order valence-electron chi connectivity index (χ1n) is 3.41. The molecule has 5 heteroatoms. The third-order valence-corrected chi connectivity index (χ3v) is 2.59. The maximum Gasteiger partial charge on any atom is 0.309 e. The van der Waals surface area contributed by atoms with Gasteiger partial charge >= 0.3 is 5.97 Å². The minimum Gasteiger partial charge on any atom is -0.469 e. The summed E-state index contributed by atoms with van der Waals surface area (Å²) in [5.41, 5.74) is 0. The highest BCUT2D eigenvalue weighted by atomic mass is 32.2. The molecule has 0 bridgehead atoms. The maximum atomic E-state index is 11.0. The van der Waals surface area contributed by atoms with Crippen LogP contribution in [-0.4, -0.2) is 28.8 Å². The normalized spacial score (nSPS) is 14.4. The maximum absolute atomic E-state index is 11.0. The topological polar surface area (TPSA) is 67.2 Å². The van der Waals surface area contributed by atoms with Gasteiger partial charge in [-0.15, -0.1) is 0 Å². The standard InChI is InChI=1S/C7H11NO3S/c1-6(7(9)11-2)5-12(10)4-3-8/h6H,4-5H2,1-2H3. The highest BCUT2D eigenvalue weighted by Crippen LogP contribution is 2.00. The van der Waals surface area contributed by atoms with Gasteiger partial charge in [0.25, 0.3) is 0 Å². The zero-order valence-electron chi connectivity index (χ0n) is 7.07. The molecule has 0 aromatic rings. The lowest BCUT2D eigenvalue weighted by atomic mass is 10.2. The van der Waals surface area contributed by atoms with E-state index in [0.29, 0.717) is 0 Å². The lowest BCUT2D eigenvalue weighted by Crippen LogP contribution is -2.20. The molecule has 0 aromatic heterocycles. The number of carbonyl (C=O) groups is 1. The summed E-state index contributed by atoms with van der Waals surface area (Å²) in [7, 11) is 0.0495. The fourth-order valence-corrected chi connectivity index (χ4v) is 1.63. The summed E-state index contributed by atoms with van der Waals surface area (Å²) in [6.45, 7) is 1.63. The highest BCUT2D eigenvalue weighted by Gasteiger charge is 2.15. The molecule has 4 nitrogen and oxygen atoms in total. The van der Waals surface area contributed by atoms with Crippen LogP contribution in [0.1, 0.15) is 6.92 Å². The molecule has 0 aliphatic heterocycles. The first-order valence-corrected chi connectivity index (χ1v) is 4.90. The number of hydrogen-bond acceptors (Lipinski definition) is 4. The van der Waals surface area contributed by atoms with Crippen LogP contribution in [0.15, 0.2) is 0 Å². The number of rotatable bonds is 4. The first-order chi connectivity index (χ1) is 5.61. The number of nitrogens with zero attached hydrogens (tertiary/aromatic N) is 1. The molecule has 0 radical (unpaired) electrons. The highest BCUT2D eigenvalue weighted by molar-refractivity contribution is 7.85. The summed E-state index contributed by atoms with van der Waals surface area (Å²) in [6.07, 6.45) is 0. The van der Waals surface area contributed by atoms with E-state index in [1.165, 1.54) is 7.11 Å². The number of ether oxygens (including phenoxy) is 1. The smallest absolute Gasteiger partial charge is 0.309 e. The van der Waals surface area contributed by atoms with E-state index in [9.17, 15) is 9.00 Å². The third-order valence-electron chi connectivity index (χ3n) is 1.26. The van der Waals surface area contributed by atoms with Gasteiger partial charge in [0.15, 0.2) is 0 Å². The second-order valence-corrected chi connectivity index (χ2v) is 3.83. The Labute approximate surface area is 74.0 Å². The van der Waals surface area contributed by atoms with Gasteiger partial charge in [-0.2, -0.15) is 5.26 Å². The van der Waals surface area contributed by atoms with Crippen LogP contribution in [0.2, 0.25) is 0 Å². The predicted molar refractivity (Wildman–Crippen MR) is 44.7 cm³/mol. The summed E-state index contributed by atoms with van der Waals surface area (Å²) in [6, 6.07) is 1.78. The van der Waals surface area contributed by atoms with Gasteiger partial charge < -0.3 is 4.74 Å². The Kier molecular flexibility index (Phi) is 5.30. The summed E-state index contributed by atoms with van der Waals surface area (Å²) in [4.78, 5) is 10.8. The minimum absolute atomic E-state index is 0.0265. The van der Waals surface area contributed by atoms with Crippen molar-refractivity contribution in [3.8, 4) is 6.07 Å². The molecule has 0 aliphatic rings. The van der Waals surface area contributed by atoms with E-state index in [4.69, 9.17) is 5.26 Å². The molecule has 0 aliphatic carbocycles. The Hall–Kier alpha value is -0.890. The molecule has 0 saturated carbocycles. The Morgan fingerprint density at radius 3 is 2.75 bits per heavy atom. The van der Waals surface area contributed by atoms with Crippen molar-refractivity contribution in [2.24, 2.45) is 5.92 Å². The zero-order chi connectivity index (χ0) is 9.56. The van der Waals surface area contributed by atoms with Crippen molar-refractivity contribution in [2.75, 3.05) is 18.6 Å². The van der Waals surface area contributed by atoms with E-state index >= 15 is 0 Å². The van der Waals surface area contributed by atoms with Gasteiger partial charge in [0.2, 0.25) is 0 Å². The Bertz CT molecular complexity index is 221. The van der Waals surface area contributed by atoms with E-state index in [1.54, 1.807) is 13.0 Å². The number of esters is 1. The average molecular weight is 189 g/mol. The Morgan fingerprint density at radius 1 is 1.75 bits per heavy atom.